The van der Waals surface area contributed by atoms with Crippen molar-refractivity contribution in [1.29, 1.82) is 0 Å². The summed E-state index contributed by atoms with van der Waals surface area (Å²) in [6.07, 6.45) is 5.06. The van der Waals surface area contributed by atoms with E-state index >= 15 is 0 Å². The van der Waals surface area contributed by atoms with E-state index in [2.05, 4.69) is 43.2 Å². The maximum absolute atomic E-state index is 12.0. The van der Waals surface area contributed by atoms with Crippen molar-refractivity contribution in [2.24, 2.45) is 4.99 Å². The molecule has 0 aromatic heterocycles. The first kappa shape index (κ1) is 25.4. The van der Waals surface area contributed by atoms with Crippen molar-refractivity contribution in [3.05, 3.63) is 0 Å². The molecule has 1 aliphatic rings. The van der Waals surface area contributed by atoms with Crippen molar-refractivity contribution in [2.75, 3.05) is 45.8 Å². The maximum Gasteiger partial charge on any atom is 0.222 e. The summed E-state index contributed by atoms with van der Waals surface area (Å²) in [4.78, 5) is 21.2. The normalized spacial score (nSPS) is 16.9. The number of amides is 1. The molecule has 1 aliphatic heterocycles. The number of rotatable bonds is 10. The standard InChI is InChI=1S/C19H39N5O.HI/c1-5-20-19(22-16-17(4)23(6-2)7-3)21-13-11-15-24-14-10-8-9-12-18(24)25;/h17H,5-16H2,1-4H3,(H2,20,21,22);1H. The Hall–Kier alpha value is -0.570. The lowest BCUT2D eigenvalue weighted by atomic mass is 10.2. The van der Waals surface area contributed by atoms with E-state index in [9.17, 15) is 4.79 Å². The second-order valence-corrected chi connectivity index (χ2v) is 6.76. The van der Waals surface area contributed by atoms with Crippen LogP contribution in [0.15, 0.2) is 4.99 Å². The van der Waals surface area contributed by atoms with Crippen molar-refractivity contribution in [3.63, 3.8) is 0 Å². The minimum atomic E-state index is 0. The molecule has 0 saturated carbocycles. The Morgan fingerprint density at radius 2 is 1.92 bits per heavy atom. The monoisotopic (exact) mass is 481 g/mol. The minimum absolute atomic E-state index is 0. The quantitative estimate of drug-likeness (QED) is 0.218. The Labute approximate surface area is 177 Å². The third-order valence-corrected chi connectivity index (χ3v) is 4.86. The van der Waals surface area contributed by atoms with Crippen LogP contribution in [0, 0.1) is 0 Å². The molecule has 1 fully saturated rings. The highest BCUT2D eigenvalue weighted by molar-refractivity contribution is 14.0. The Morgan fingerprint density at radius 1 is 1.19 bits per heavy atom. The minimum Gasteiger partial charge on any atom is -0.357 e. The smallest absolute Gasteiger partial charge is 0.222 e. The molecule has 0 bridgehead atoms. The van der Waals surface area contributed by atoms with E-state index in [-0.39, 0.29) is 24.0 Å². The van der Waals surface area contributed by atoms with Crippen molar-refractivity contribution in [2.45, 2.75) is 65.8 Å². The second kappa shape index (κ2) is 15.5. The van der Waals surface area contributed by atoms with Crippen LogP contribution < -0.4 is 10.6 Å². The van der Waals surface area contributed by atoms with Gasteiger partial charge in [-0.25, -0.2) is 0 Å². The van der Waals surface area contributed by atoms with Gasteiger partial charge in [0.15, 0.2) is 5.96 Å². The molecule has 0 aromatic carbocycles. The first-order chi connectivity index (χ1) is 12.1. The SMILES string of the molecule is CCNC(=NCC(C)N(CC)CC)NCCCN1CCCCCC1=O.I. The van der Waals surface area contributed by atoms with Gasteiger partial charge in [0, 0.05) is 38.6 Å². The van der Waals surface area contributed by atoms with Crippen LogP contribution in [0.4, 0.5) is 0 Å². The number of likely N-dealkylation sites (N-methyl/N-ethyl adjacent to an activating group) is 1. The number of likely N-dealkylation sites (tertiary alicyclic amines) is 1. The summed E-state index contributed by atoms with van der Waals surface area (Å²) in [5, 5.41) is 6.71. The molecule has 0 radical (unpaired) electrons. The zero-order chi connectivity index (χ0) is 18.5. The molecule has 1 amide bonds. The summed E-state index contributed by atoms with van der Waals surface area (Å²) in [6, 6.07) is 0.445. The van der Waals surface area contributed by atoms with E-state index < -0.39 is 0 Å². The van der Waals surface area contributed by atoms with Gasteiger partial charge in [0.05, 0.1) is 6.54 Å². The summed E-state index contributed by atoms with van der Waals surface area (Å²) >= 11 is 0. The molecular formula is C19H40IN5O. The fourth-order valence-corrected chi connectivity index (χ4v) is 3.28. The van der Waals surface area contributed by atoms with Gasteiger partial charge in [-0.3, -0.25) is 14.7 Å². The van der Waals surface area contributed by atoms with Crippen LogP contribution in [-0.2, 0) is 4.79 Å². The van der Waals surface area contributed by atoms with Crippen LogP contribution in [0.5, 0.6) is 0 Å². The molecule has 154 valence electrons. The maximum atomic E-state index is 12.0. The average molecular weight is 481 g/mol. The largest absolute Gasteiger partial charge is 0.357 e. The van der Waals surface area contributed by atoms with Crippen LogP contribution in [0.25, 0.3) is 0 Å². The summed E-state index contributed by atoms with van der Waals surface area (Å²) < 4.78 is 0. The second-order valence-electron chi connectivity index (χ2n) is 6.76. The highest BCUT2D eigenvalue weighted by Gasteiger charge is 2.15. The fraction of sp³-hybridized carbons (Fsp3) is 0.895. The first-order valence-corrected chi connectivity index (χ1v) is 10.2. The zero-order valence-corrected chi connectivity index (χ0v) is 19.6. The number of carbonyl (C=O) groups is 1. The summed E-state index contributed by atoms with van der Waals surface area (Å²) in [5.41, 5.74) is 0. The number of nitrogens with zero attached hydrogens (tertiary/aromatic N) is 3. The van der Waals surface area contributed by atoms with Crippen LogP contribution in [0.3, 0.4) is 0 Å². The first-order valence-electron chi connectivity index (χ1n) is 10.2. The molecule has 1 rings (SSSR count). The van der Waals surface area contributed by atoms with Gasteiger partial charge >= 0.3 is 0 Å². The number of hydrogen-bond donors (Lipinski definition) is 2. The van der Waals surface area contributed by atoms with E-state index in [0.717, 1.165) is 77.5 Å². The van der Waals surface area contributed by atoms with Crippen molar-refractivity contribution in [3.8, 4) is 0 Å². The third-order valence-electron chi connectivity index (χ3n) is 4.86. The number of nitrogens with one attached hydrogen (secondary N) is 2. The van der Waals surface area contributed by atoms with Gasteiger partial charge < -0.3 is 15.5 Å². The topological polar surface area (TPSA) is 60.0 Å². The molecular weight excluding hydrogens is 441 g/mol. The molecule has 1 atom stereocenters. The van der Waals surface area contributed by atoms with Gasteiger partial charge in [0.1, 0.15) is 0 Å². The Kier molecular flexibility index (Phi) is 15.1. The molecule has 0 spiro atoms. The number of aliphatic imine (C=N–C) groups is 1. The van der Waals surface area contributed by atoms with Crippen LogP contribution in [0.1, 0.15) is 59.8 Å². The Bertz CT molecular complexity index is 401. The predicted octanol–water partition coefficient (Wildman–Crippen LogP) is 2.68. The molecule has 6 nitrogen and oxygen atoms in total. The fourth-order valence-electron chi connectivity index (χ4n) is 3.28. The highest BCUT2D eigenvalue weighted by atomic mass is 127. The number of carbonyl (C=O) groups excluding carboxylic acids is 1. The zero-order valence-electron chi connectivity index (χ0n) is 17.2. The number of hydrogen-bond acceptors (Lipinski definition) is 3. The molecule has 0 aromatic rings. The van der Waals surface area contributed by atoms with E-state index in [1.54, 1.807) is 0 Å². The number of halogens is 1. The molecule has 1 saturated heterocycles. The van der Waals surface area contributed by atoms with Gasteiger partial charge in [-0.1, -0.05) is 20.3 Å². The summed E-state index contributed by atoms with van der Waals surface area (Å²) in [7, 11) is 0. The van der Waals surface area contributed by atoms with Gasteiger partial charge in [-0.05, 0) is 46.2 Å². The van der Waals surface area contributed by atoms with Crippen LogP contribution in [-0.4, -0.2) is 73.5 Å². The van der Waals surface area contributed by atoms with E-state index in [1.165, 1.54) is 6.42 Å². The van der Waals surface area contributed by atoms with Crippen molar-refractivity contribution < 1.29 is 4.79 Å². The lowest BCUT2D eigenvalue weighted by Gasteiger charge is -2.25. The molecule has 7 heteroatoms. The average Bonchev–Trinajstić information content (AvgIpc) is 2.81. The lowest BCUT2D eigenvalue weighted by molar-refractivity contribution is -0.130. The van der Waals surface area contributed by atoms with Crippen LogP contribution in [0.2, 0.25) is 0 Å². The predicted molar refractivity (Wildman–Crippen MR) is 121 cm³/mol. The Morgan fingerprint density at radius 3 is 2.58 bits per heavy atom. The van der Waals surface area contributed by atoms with Crippen molar-refractivity contribution >= 4 is 35.8 Å². The van der Waals surface area contributed by atoms with E-state index in [4.69, 9.17) is 4.99 Å². The van der Waals surface area contributed by atoms with Crippen LogP contribution >= 0.6 is 24.0 Å². The molecule has 26 heavy (non-hydrogen) atoms. The van der Waals surface area contributed by atoms with Crippen molar-refractivity contribution in [1.82, 2.24) is 20.4 Å². The highest BCUT2D eigenvalue weighted by Crippen LogP contribution is 2.11. The van der Waals surface area contributed by atoms with Gasteiger partial charge in [0.2, 0.25) is 5.91 Å². The third kappa shape index (κ3) is 9.94. The van der Waals surface area contributed by atoms with Gasteiger partial charge in [0.25, 0.3) is 0 Å². The summed E-state index contributed by atoms with van der Waals surface area (Å²) in [6.45, 7) is 15.1. The Balaban J connectivity index is 0.00000625. The molecule has 2 N–H and O–H groups in total. The van der Waals surface area contributed by atoms with E-state index in [0.29, 0.717) is 11.9 Å². The molecule has 0 aliphatic carbocycles. The summed E-state index contributed by atoms with van der Waals surface area (Å²) in [5.74, 6) is 1.20. The van der Waals surface area contributed by atoms with Gasteiger partial charge in [-0.2, -0.15) is 0 Å². The number of guanidine groups is 1. The molecule has 1 unspecified atom stereocenters. The lowest BCUT2D eigenvalue weighted by Crippen LogP contribution is -2.41. The van der Waals surface area contributed by atoms with Gasteiger partial charge in [-0.15, -0.1) is 24.0 Å². The molecule has 1 heterocycles. The van der Waals surface area contributed by atoms with E-state index in [1.807, 2.05) is 4.90 Å².